The predicted molar refractivity (Wildman–Crippen MR) is 61.1 cm³/mol. The Hall–Kier alpha value is -0.370. The fourth-order valence-electron chi connectivity index (χ4n) is 1.33. The summed E-state index contributed by atoms with van der Waals surface area (Å²) in [6.45, 7) is 12.5. The van der Waals surface area contributed by atoms with E-state index in [-0.39, 0.29) is 23.2 Å². The summed E-state index contributed by atoms with van der Waals surface area (Å²) in [6, 6.07) is -0.299. The summed E-state index contributed by atoms with van der Waals surface area (Å²) in [5.74, 6) is 0.778. The molecule has 0 aromatic rings. The number of carbonyl (C=O) groups is 1. The zero-order chi connectivity index (χ0) is 11.5. The molecule has 0 saturated carbocycles. The molecule has 0 rings (SSSR count). The largest absolute Gasteiger partial charge is 0.321 e. The second-order valence-corrected chi connectivity index (χ2v) is 5.51. The summed E-state index contributed by atoms with van der Waals surface area (Å²) in [5.41, 5.74) is 6.04. The van der Waals surface area contributed by atoms with E-state index >= 15 is 0 Å². The third-order valence-electron chi connectivity index (χ3n) is 3.24. The Kier molecular flexibility index (Phi) is 4.79. The van der Waals surface area contributed by atoms with Gasteiger partial charge in [0.05, 0.1) is 6.04 Å². The van der Waals surface area contributed by atoms with Gasteiger partial charge in [0.1, 0.15) is 0 Å². The van der Waals surface area contributed by atoms with Crippen LogP contribution in [-0.2, 0) is 4.79 Å². The molecule has 2 nitrogen and oxygen atoms in total. The van der Waals surface area contributed by atoms with Gasteiger partial charge < -0.3 is 5.73 Å². The minimum atomic E-state index is -0.299. The average Bonchev–Trinajstić information content (AvgIpc) is 2.01. The van der Waals surface area contributed by atoms with Crippen molar-refractivity contribution in [3.05, 3.63) is 0 Å². The Morgan fingerprint density at radius 3 is 1.93 bits per heavy atom. The van der Waals surface area contributed by atoms with Gasteiger partial charge in [0.2, 0.25) is 0 Å². The lowest BCUT2D eigenvalue weighted by atomic mass is 9.75. The van der Waals surface area contributed by atoms with Crippen molar-refractivity contribution < 1.29 is 4.79 Å². The minimum absolute atomic E-state index is 0.0490. The van der Waals surface area contributed by atoms with Gasteiger partial charge in [-0.25, -0.2) is 0 Å². The van der Waals surface area contributed by atoms with Gasteiger partial charge in [-0.1, -0.05) is 41.5 Å². The molecule has 14 heavy (non-hydrogen) atoms. The minimum Gasteiger partial charge on any atom is -0.321 e. The Labute approximate surface area is 88.3 Å². The molecule has 2 N–H and O–H groups in total. The maximum Gasteiger partial charge on any atom is 0.152 e. The van der Waals surface area contributed by atoms with E-state index in [2.05, 4.69) is 27.7 Å². The quantitative estimate of drug-likeness (QED) is 0.739. The molecule has 0 amide bonds. The van der Waals surface area contributed by atoms with Crippen LogP contribution in [0.1, 0.15) is 48.0 Å². The second-order valence-electron chi connectivity index (χ2n) is 5.51. The first-order valence-corrected chi connectivity index (χ1v) is 5.47. The maximum atomic E-state index is 11.6. The summed E-state index contributed by atoms with van der Waals surface area (Å²) in [7, 11) is 0. The third-order valence-corrected chi connectivity index (χ3v) is 3.24. The van der Waals surface area contributed by atoms with E-state index < -0.39 is 0 Å². The van der Waals surface area contributed by atoms with Gasteiger partial charge in [0.15, 0.2) is 5.78 Å². The molecule has 1 atom stereocenters. The van der Waals surface area contributed by atoms with E-state index in [0.29, 0.717) is 5.92 Å². The van der Waals surface area contributed by atoms with Crippen LogP contribution in [0.25, 0.3) is 0 Å². The first kappa shape index (κ1) is 13.6. The highest BCUT2D eigenvalue weighted by Crippen LogP contribution is 2.31. The summed E-state index contributed by atoms with van der Waals surface area (Å²) in [4.78, 5) is 11.6. The van der Waals surface area contributed by atoms with Crippen LogP contribution in [0.4, 0.5) is 0 Å². The van der Waals surface area contributed by atoms with Crippen LogP contribution in [0.5, 0.6) is 0 Å². The van der Waals surface area contributed by atoms with Gasteiger partial charge in [-0.15, -0.1) is 0 Å². The number of hydrogen-bond donors (Lipinski definition) is 1. The van der Waals surface area contributed by atoms with Crippen LogP contribution in [0.15, 0.2) is 0 Å². The monoisotopic (exact) mass is 199 g/mol. The molecule has 1 unspecified atom stereocenters. The molecule has 0 bridgehead atoms. The average molecular weight is 199 g/mol. The molecule has 0 aliphatic carbocycles. The number of nitrogens with two attached hydrogens (primary N) is 1. The van der Waals surface area contributed by atoms with Crippen molar-refractivity contribution in [1.29, 1.82) is 0 Å². The molecule has 0 aliphatic heterocycles. The van der Waals surface area contributed by atoms with E-state index in [1.807, 2.05) is 13.8 Å². The summed E-state index contributed by atoms with van der Waals surface area (Å²) >= 11 is 0. The Morgan fingerprint density at radius 2 is 1.64 bits per heavy atom. The van der Waals surface area contributed by atoms with Gasteiger partial charge >= 0.3 is 0 Å². The fourth-order valence-corrected chi connectivity index (χ4v) is 1.33. The van der Waals surface area contributed by atoms with Crippen molar-refractivity contribution in [2.24, 2.45) is 23.0 Å². The van der Waals surface area contributed by atoms with Gasteiger partial charge in [0.25, 0.3) is 0 Å². The lowest BCUT2D eigenvalue weighted by Crippen LogP contribution is -2.39. The van der Waals surface area contributed by atoms with Crippen molar-refractivity contribution in [2.45, 2.75) is 54.0 Å². The van der Waals surface area contributed by atoms with Crippen LogP contribution < -0.4 is 5.73 Å². The van der Waals surface area contributed by atoms with E-state index in [0.717, 1.165) is 6.42 Å². The zero-order valence-electron chi connectivity index (χ0n) is 10.4. The number of ketones is 1. The van der Waals surface area contributed by atoms with Gasteiger partial charge in [0, 0.05) is 5.92 Å². The van der Waals surface area contributed by atoms with Crippen LogP contribution in [0.2, 0.25) is 0 Å². The van der Waals surface area contributed by atoms with Crippen LogP contribution >= 0.6 is 0 Å². The first-order chi connectivity index (χ1) is 6.18. The molecule has 0 heterocycles. The molecule has 84 valence electrons. The van der Waals surface area contributed by atoms with Crippen LogP contribution in [0, 0.1) is 17.3 Å². The highest BCUT2D eigenvalue weighted by Gasteiger charge is 2.28. The Bertz CT molecular complexity index is 194. The summed E-state index contributed by atoms with van der Waals surface area (Å²) in [5, 5.41) is 0. The number of hydrogen-bond acceptors (Lipinski definition) is 2. The molecule has 2 heteroatoms. The maximum absolute atomic E-state index is 11.6. The standard InChI is InChI=1S/C12H25NO/c1-8(2)11(14)10(13)7-12(5,6)9(3)4/h8-10H,7,13H2,1-6H3. The van der Waals surface area contributed by atoms with E-state index in [9.17, 15) is 4.79 Å². The third kappa shape index (κ3) is 3.79. The molecule has 0 aromatic carbocycles. The zero-order valence-corrected chi connectivity index (χ0v) is 10.4. The SMILES string of the molecule is CC(C)C(=O)C(N)CC(C)(C)C(C)C. The first-order valence-electron chi connectivity index (χ1n) is 5.47. The number of rotatable bonds is 5. The molecule has 0 aliphatic rings. The van der Waals surface area contributed by atoms with Gasteiger partial charge in [-0.3, -0.25) is 4.79 Å². The molecule has 0 aromatic heterocycles. The van der Waals surface area contributed by atoms with Crippen molar-refractivity contribution >= 4 is 5.78 Å². The highest BCUT2D eigenvalue weighted by molar-refractivity contribution is 5.85. The molecular weight excluding hydrogens is 174 g/mol. The van der Waals surface area contributed by atoms with Crippen molar-refractivity contribution in [3.63, 3.8) is 0 Å². The van der Waals surface area contributed by atoms with Crippen LogP contribution in [0.3, 0.4) is 0 Å². The smallest absolute Gasteiger partial charge is 0.152 e. The van der Waals surface area contributed by atoms with E-state index in [4.69, 9.17) is 5.73 Å². The Morgan fingerprint density at radius 1 is 1.21 bits per heavy atom. The van der Waals surface area contributed by atoms with Gasteiger partial charge in [-0.05, 0) is 17.8 Å². The van der Waals surface area contributed by atoms with Crippen molar-refractivity contribution in [2.75, 3.05) is 0 Å². The van der Waals surface area contributed by atoms with Crippen LogP contribution in [-0.4, -0.2) is 11.8 Å². The predicted octanol–water partition coefficient (Wildman–Crippen LogP) is 2.61. The molecule has 0 fully saturated rings. The second kappa shape index (κ2) is 4.92. The number of carbonyl (C=O) groups excluding carboxylic acids is 1. The van der Waals surface area contributed by atoms with E-state index in [1.54, 1.807) is 0 Å². The summed E-state index contributed by atoms with van der Waals surface area (Å²) < 4.78 is 0. The lowest BCUT2D eigenvalue weighted by Gasteiger charge is -2.31. The van der Waals surface area contributed by atoms with Gasteiger partial charge in [-0.2, -0.15) is 0 Å². The van der Waals surface area contributed by atoms with E-state index in [1.165, 1.54) is 0 Å². The molecular formula is C12H25NO. The molecule has 0 saturated heterocycles. The summed E-state index contributed by atoms with van der Waals surface area (Å²) in [6.07, 6.45) is 0.779. The van der Waals surface area contributed by atoms with Crippen molar-refractivity contribution in [3.8, 4) is 0 Å². The lowest BCUT2D eigenvalue weighted by molar-refractivity contribution is -0.124. The molecule has 0 spiro atoms. The normalized spacial score (nSPS) is 14.9. The highest BCUT2D eigenvalue weighted by atomic mass is 16.1. The Balaban J connectivity index is 4.32. The fraction of sp³-hybridized carbons (Fsp3) is 0.917. The molecule has 0 radical (unpaired) electrons. The number of Topliss-reactive ketones (excluding diaryl/α,β-unsaturated/α-hetero) is 1. The topological polar surface area (TPSA) is 43.1 Å². The van der Waals surface area contributed by atoms with Crippen molar-refractivity contribution in [1.82, 2.24) is 0 Å².